The minimum absolute atomic E-state index is 0.135. The molecule has 1 N–H and O–H groups in total. The largest absolute Gasteiger partial charge is 0.508 e. The first-order valence-corrected chi connectivity index (χ1v) is 5.99. The van der Waals surface area contributed by atoms with Gasteiger partial charge < -0.3 is 14.4 Å². The molecule has 0 spiro atoms. The number of aromatic hydroxyl groups is 1. The van der Waals surface area contributed by atoms with E-state index in [-0.39, 0.29) is 11.9 Å². The highest BCUT2D eigenvalue weighted by Crippen LogP contribution is 2.24. The molecule has 1 heterocycles. The van der Waals surface area contributed by atoms with Crippen LogP contribution in [-0.4, -0.2) is 21.9 Å². The van der Waals surface area contributed by atoms with E-state index in [1.807, 2.05) is 13.8 Å². The Morgan fingerprint density at radius 3 is 2.61 bits per heavy atom. The van der Waals surface area contributed by atoms with Crippen LogP contribution in [0.1, 0.15) is 32.2 Å². The smallest absolute Gasteiger partial charge is 0.258 e. The van der Waals surface area contributed by atoms with Gasteiger partial charge in [-0.15, -0.1) is 0 Å². The molecule has 0 bridgehead atoms. The molecule has 0 amide bonds. The molecule has 1 aromatic heterocycles. The van der Waals surface area contributed by atoms with E-state index >= 15 is 0 Å². The van der Waals surface area contributed by atoms with E-state index in [1.54, 1.807) is 24.3 Å². The summed E-state index contributed by atoms with van der Waals surface area (Å²) in [6, 6.07) is 6.63. The lowest BCUT2D eigenvalue weighted by Crippen LogP contribution is -2.04. The molecule has 96 valence electrons. The monoisotopic (exact) mass is 248 g/mol. The average molecular weight is 248 g/mol. The molecule has 2 rings (SSSR count). The number of ether oxygens (including phenoxy) is 1. The van der Waals surface area contributed by atoms with Crippen LogP contribution in [0, 0.1) is 0 Å². The van der Waals surface area contributed by atoms with Crippen molar-refractivity contribution in [3.8, 4) is 17.2 Å². The van der Waals surface area contributed by atoms with Gasteiger partial charge >= 0.3 is 0 Å². The van der Waals surface area contributed by atoms with Gasteiger partial charge in [-0.3, -0.25) is 0 Å². The highest BCUT2D eigenvalue weighted by atomic mass is 16.5. The van der Waals surface area contributed by atoms with Crippen molar-refractivity contribution in [1.82, 2.24) is 10.1 Å². The van der Waals surface area contributed by atoms with Crippen molar-refractivity contribution in [3.63, 3.8) is 0 Å². The van der Waals surface area contributed by atoms with Gasteiger partial charge in [0.15, 0.2) is 0 Å². The maximum atomic E-state index is 9.22. The Labute approximate surface area is 105 Å². The summed E-state index contributed by atoms with van der Waals surface area (Å²) in [5.41, 5.74) is 0.776. The first-order chi connectivity index (χ1) is 8.74. The van der Waals surface area contributed by atoms with Gasteiger partial charge in [-0.2, -0.15) is 4.98 Å². The van der Waals surface area contributed by atoms with Crippen molar-refractivity contribution in [2.24, 2.45) is 0 Å². The third kappa shape index (κ3) is 2.68. The van der Waals surface area contributed by atoms with Crippen LogP contribution in [0.15, 0.2) is 28.8 Å². The maximum absolute atomic E-state index is 9.22. The van der Waals surface area contributed by atoms with Crippen LogP contribution in [0.4, 0.5) is 0 Å². The van der Waals surface area contributed by atoms with Crippen LogP contribution in [0.25, 0.3) is 11.5 Å². The van der Waals surface area contributed by atoms with Gasteiger partial charge in [0.2, 0.25) is 5.82 Å². The number of phenolic OH excluding ortho intramolecular Hbond substituents is 1. The Kier molecular flexibility index (Phi) is 3.94. The highest BCUT2D eigenvalue weighted by Gasteiger charge is 2.17. The molecule has 0 saturated carbocycles. The van der Waals surface area contributed by atoms with E-state index in [0.29, 0.717) is 18.3 Å². The van der Waals surface area contributed by atoms with Gasteiger partial charge in [0.05, 0.1) is 0 Å². The number of hydrogen-bond acceptors (Lipinski definition) is 5. The molecular weight excluding hydrogens is 232 g/mol. The zero-order valence-electron chi connectivity index (χ0n) is 10.5. The summed E-state index contributed by atoms with van der Waals surface area (Å²) in [5, 5.41) is 13.1. The highest BCUT2D eigenvalue weighted by molar-refractivity contribution is 5.53. The van der Waals surface area contributed by atoms with Crippen molar-refractivity contribution in [3.05, 3.63) is 30.1 Å². The zero-order chi connectivity index (χ0) is 13.0. The molecule has 5 heteroatoms. The second-order valence-electron chi connectivity index (χ2n) is 3.86. The van der Waals surface area contributed by atoms with Gasteiger partial charge in [0, 0.05) is 12.2 Å². The van der Waals surface area contributed by atoms with E-state index in [9.17, 15) is 5.11 Å². The summed E-state index contributed by atoms with van der Waals surface area (Å²) >= 11 is 0. The van der Waals surface area contributed by atoms with Crippen LogP contribution >= 0.6 is 0 Å². The second kappa shape index (κ2) is 5.64. The van der Waals surface area contributed by atoms with Crippen molar-refractivity contribution in [2.75, 3.05) is 6.61 Å². The van der Waals surface area contributed by atoms with E-state index in [1.165, 1.54) is 0 Å². The molecular formula is C13H16N2O3. The van der Waals surface area contributed by atoms with Crippen LogP contribution in [-0.2, 0) is 4.74 Å². The molecule has 18 heavy (non-hydrogen) atoms. The fourth-order valence-electron chi connectivity index (χ4n) is 1.66. The summed E-state index contributed by atoms with van der Waals surface area (Å²) in [6.45, 7) is 4.56. The Hall–Kier alpha value is -1.88. The summed E-state index contributed by atoms with van der Waals surface area (Å²) < 4.78 is 10.7. The average Bonchev–Trinajstić information content (AvgIpc) is 2.86. The molecule has 1 unspecified atom stereocenters. The minimum atomic E-state index is -0.135. The van der Waals surface area contributed by atoms with Crippen LogP contribution < -0.4 is 0 Å². The summed E-state index contributed by atoms with van der Waals surface area (Å²) in [5.74, 6) is 1.20. The van der Waals surface area contributed by atoms with Gasteiger partial charge in [-0.25, -0.2) is 0 Å². The maximum Gasteiger partial charge on any atom is 0.258 e. The number of nitrogens with zero attached hydrogens (tertiary/aromatic N) is 2. The number of hydrogen-bond donors (Lipinski definition) is 1. The fourth-order valence-corrected chi connectivity index (χ4v) is 1.66. The van der Waals surface area contributed by atoms with Crippen LogP contribution in [0.3, 0.4) is 0 Å². The first kappa shape index (κ1) is 12.6. The van der Waals surface area contributed by atoms with Crippen molar-refractivity contribution in [2.45, 2.75) is 26.4 Å². The van der Waals surface area contributed by atoms with E-state index in [0.717, 1.165) is 12.0 Å². The molecule has 0 radical (unpaired) electrons. The molecule has 0 aliphatic heterocycles. The molecule has 0 aliphatic carbocycles. The number of phenols is 1. The quantitative estimate of drug-likeness (QED) is 0.881. The Bertz CT molecular complexity index is 493. The third-order valence-electron chi connectivity index (χ3n) is 2.58. The van der Waals surface area contributed by atoms with Crippen LogP contribution in [0.2, 0.25) is 0 Å². The normalized spacial score (nSPS) is 12.6. The van der Waals surface area contributed by atoms with Crippen molar-refractivity contribution in [1.29, 1.82) is 0 Å². The van der Waals surface area contributed by atoms with Gasteiger partial charge in [0.1, 0.15) is 11.9 Å². The Balaban J connectivity index is 2.21. The van der Waals surface area contributed by atoms with Crippen molar-refractivity contribution >= 4 is 0 Å². The van der Waals surface area contributed by atoms with Crippen molar-refractivity contribution < 1.29 is 14.4 Å². The second-order valence-corrected chi connectivity index (χ2v) is 3.86. The van der Waals surface area contributed by atoms with Crippen LogP contribution in [0.5, 0.6) is 5.75 Å². The standard InChI is InChI=1S/C13H16N2O3/c1-3-11(17-4-2)12-14-13(18-15-12)9-5-7-10(16)8-6-9/h5-8,11,16H,3-4H2,1-2H3. The Morgan fingerprint density at radius 2 is 2.00 bits per heavy atom. The number of rotatable bonds is 5. The number of aromatic nitrogens is 2. The van der Waals surface area contributed by atoms with Gasteiger partial charge in [-0.1, -0.05) is 12.1 Å². The minimum Gasteiger partial charge on any atom is -0.508 e. The molecule has 1 aromatic carbocycles. The summed E-state index contributed by atoms with van der Waals surface area (Å²) in [4.78, 5) is 4.32. The SMILES string of the molecule is CCOC(CC)c1noc(-c2ccc(O)cc2)n1. The first-order valence-electron chi connectivity index (χ1n) is 5.99. The predicted octanol–water partition coefficient (Wildman–Crippen LogP) is 2.93. The topological polar surface area (TPSA) is 68.4 Å². The summed E-state index contributed by atoms with van der Waals surface area (Å²) in [7, 11) is 0. The van der Waals surface area contributed by atoms with E-state index in [2.05, 4.69) is 10.1 Å². The molecule has 1 atom stereocenters. The molecule has 0 fully saturated rings. The lowest BCUT2D eigenvalue weighted by atomic mass is 10.2. The van der Waals surface area contributed by atoms with E-state index < -0.39 is 0 Å². The Morgan fingerprint density at radius 1 is 1.28 bits per heavy atom. The number of benzene rings is 1. The molecule has 5 nitrogen and oxygen atoms in total. The van der Waals surface area contributed by atoms with E-state index in [4.69, 9.17) is 9.26 Å². The third-order valence-corrected chi connectivity index (χ3v) is 2.58. The lowest BCUT2D eigenvalue weighted by Gasteiger charge is -2.09. The van der Waals surface area contributed by atoms with Gasteiger partial charge in [0.25, 0.3) is 5.89 Å². The molecule has 0 aliphatic rings. The molecule has 0 saturated heterocycles. The molecule has 2 aromatic rings. The zero-order valence-corrected chi connectivity index (χ0v) is 10.5. The predicted molar refractivity (Wildman–Crippen MR) is 66.1 cm³/mol. The lowest BCUT2D eigenvalue weighted by molar-refractivity contribution is 0.0518. The van der Waals surface area contributed by atoms with Gasteiger partial charge in [-0.05, 0) is 37.6 Å². The fraction of sp³-hybridized carbons (Fsp3) is 0.385. The summed E-state index contributed by atoms with van der Waals surface area (Å²) in [6.07, 6.45) is 0.659.